The van der Waals surface area contributed by atoms with Gasteiger partial charge >= 0.3 is 0 Å². The number of aromatic nitrogens is 1. The van der Waals surface area contributed by atoms with E-state index >= 15 is 0 Å². The molecular weight excluding hydrogens is 214 g/mol. The molecule has 1 aliphatic heterocycles. The Labute approximate surface area is 94.0 Å². The van der Waals surface area contributed by atoms with Gasteiger partial charge in [0, 0.05) is 19.4 Å². The molecule has 2 heterocycles. The summed E-state index contributed by atoms with van der Waals surface area (Å²) in [5.41, 5.74) is 0.589. The summed E-state index contributed by atoms with van der Waals surface area (Å²) in [6, 6.07) is 3.52. The van der Waals surface area contributed by atoms with Crippen molar-refractivity contribution in [3.8, 4) is 0 Å². The summed E-state index contributed by atoms with van der Waals surface area (Å²) in [5.74, 6) is 0.214. The van der Waals surface area contributed by atoms with E-state index in [1.807, 2.05) is 0 Å². The lowest BCUT2D eigenvalue weighted by molar-refractivity contribution is 0.00562. The number of aliphatic hydroxyl groups is 1. The summed E-state index contributed by atoms with van der Waals surface area (Å²) in [4.78, 5) is 4.13. The minimum Gasteiger partial charge on any atom is -0.386 e. The molecule has 1 aromatic rings. The van der Waals surface area contributed by atoms with E-state index in [2.05, 4.69) is 4.98 Å². The van der Waals surface area contributed by atoms with E-state index in [0.29, 0.717) is 23.9 Å². The topological polar surface area (TPSA) is 42.4 Å². The first-order valence-corrected chi connectivity index (χ1v) is 5.53. The maximum absolute atomic E-state index is 10.1. The number of aliphatic hydroxyl groups excluding tert-OH is 1. The third-order valence-electron chi connectivity index (χ3n) is 2.78. The van der Waals surface area contributed by atoms with Crippen LogP contribution in [0, 0.1) is 5.92 Å². The van der Waals surface area contributed by atoms with Gasteiger partial charge in [-0.15, -0.1) is 0 Å². The van der Waals surface area contributed by atoms with E-state index in [1.54, 1.807) is 18.3 Å². The number of nitrogens with zero attached hydrogens (tertiary/aromatic N) is 1. The van der Waals surface area contributed by atoms with Crippen LogP contribution in [-0.2, 0) is 4.74 Å². The zero-order valence-electron chi connectivity index (χ0n) is 8.40. The van der Waals surface area contributed by atoms with Crippen molar-refractivity contribution in [2.75, 3.05) is 13.2 Å². The zero-order chi connectivity index (χ0) is 10.7. The van der Waals surface area contributed by atoms with E-state index < -0.39 is 6.10 Å². The molecule has 0 saturated carbocycles. The molecule has 0 bridgehead atoms. The van der Waals surface area contributed by atoms with E-state index in [1.165, 1.54) is 0 Å². The zero-order valence-corrected chi connectivity index (χ0v) is 9.15. The molecule has 1 atom stereocenters. The minimum absolute atomic E-state index is 0.214. The van der Waals surface area contributed by atoms with Crippen LogP contribution < -0.4 is 0 Å². The molecule has 3 nitrogen and oxygen atoms in total. The van der Waals surface area contributed by atoms with Crippen LogP contribution in [0.1, 0.15) is 24.6 Å². The van der Waals surface area contributed by atoms with Crippen LogP contribution in [0.25, 0.3) is 0 Å². The SMILES string of the molecule is OC(c1ncccc1Cl)C1CCOCC1. The Morgan fingerprint density at radius 1 is 1.47 bits per heavy atom. The van der Waals surface area contributed by atoms with Gasteiger partial charge in [0.05, 0.1) is 10.7 Å². The van der Waals surface area contributed by atoms with Crippen LogP contribution in [0.3, 0.4) is 0 Å². The van der Waals surface area contributed by atoms with Gasteiger partial charge in [-0.2, -0.15) is 0 Å². The largest absolute Gasteiger partial charge is 0.386 e. The van der Waals surface area contributed by atoms with Crippen LogP contribution in [0.5, 0.6) is 0 Å². The molecule has 0 radical (unpaired) electrons. The molecule has 0 spiro atoms. The highest BCUT2D eigenvalue weighted by Crippen LogP contribution is 2.31. The summed E-state index contributed by atoms with van der Waals surface area (Å²) in [6.45, 7) is 1.43. The molecule has 0 amide bonds. The average Bonchev–Trinajstić information content (AvgIpc) is 2.30. The van der Waals surface area contributed by atoms with Crippen molar-refractivity contribution in [3.05, 3.63) is 29.0 Å². The number of hydrogen-bond donors (Lipinski definition) is 1. The number of hydrogen-bond acceptors (Lipinski definition) is 3. The molecule has 1 aliphatic rings. The summed E-state index contributed by atoms with van der Waals surface area (Å²) < 4.78 is 5.25. The van der Waals surface area contributed by atoms with Gasteiger partial charge in [-0.25, -0.2) is 0 Å². The molecule has 15 heavy (non-hydrogen) atoms. The first kappa shape index (κ1) is 10.9. The van der Waals surface area contributed by atoms with Gasteiger partial charge in [-0.1, -0.05) is 11.6 Å². The second-order valence-corrected chi connectivity index (χ2v) is 4.17. The Kier molecular flexibility index (Phi) is 3.57. The van der Waals surface area contributed by atoms with E-state index in [-0.39, 0.29) is 5.92 Å². The smallest absolute Gasteiger partial charge is 0.100 e. The predicted octanol–water partition coefficient (Wildman–Crippen LogP) is 2.20. The Bertz CT molecular complexity index is 326. The highest BCUT2D eigenvalue weighted by Gasteiger charge is 2.25. The highest BCUT2D eigenvalue weighted by atomic mass is 35.5. The highest BCUT2D eigenvalue weighted by molar-refractivity contribution is 6.31. The van der Waals surface area contributed by atoms with Crippen LogP contribution in [0.4, 0.5) is 0 Å². The molecule has 1 fully saturated rings. The molecular formula is C11H14ClNO2. The summed E-state index contributed by atoms with van der Waals surface area (Å²) in [6.07, 6.45) is 2.83. The monoisotopic (exact) mass is 227 g/mol. The molecule has 0 aromatic carbocycles. The van der Waals surface area contributed by atoms with Crippen molar-refractivity contribution in [2.45, 2.75) is 18.9 Å². The third-order valence-corrected chi connectivity index (χ3v) is 3.10. The molecule has 0 aliphatic carbocycles. The van der Waals surface area contributed by atoms with Gasteiger partial charge < -0.3 is 9.84 Å². The van der Waals surface area contributed by atoms with Gasteiger partial charge in [-0.3, -0.25) is 4.98 Å². The summed E-state index contributed by atoms with van der Waals surface area (Å²) in [7, 11) is 0. The fourth-order valence-electron chi connectivity index (χ4n) is 1.87. The molecule has 1 saturated heterocycles. The molecule has 4 heteroatoms. The van der Waals surface area contributed by atoms with Gasteiger partial charge in [0.15, 0.2) is 0 Å². The minimum atomic E-state index is -0.567. The van der Waals surface area contributed by atoms with E-state index in [9.17, 15) is 5.11 Å². The quantitative estimate of drug-likeness (QED) is 0.842. The third kappa shape index (κ3) is 2.48. The van der Waals surface area contributed by atoms with Crippen LogP contribution in [0.2, 0.25) is 5.02 Å². The maximum Gasteiger partial charge on any atom is 0.100 e. The second kappa shape index (κ2) is 4.92. The Morgan fingerprint density at radius 2 is 2.20 bits per heavy atom. The van der Waals surface area contributed by atoms with Crippen molar-refractivity contribution >= 4 is 11.6 Å². The Morgan fingerprint density at radius 3 is 2.87 bits per heavy atom. The molecule has 1 aromatic heterocycles. The van der Waals surface area contributed by atoms with Crippen molar-refractivity contribution in [3.63, 3.8) is 0 Å². The van der Waals surface area contributed by atoms with Crippen molar-refractivity contribution in [1.82, 2.24) is 4.98 Å². The number of pyridine rings is 1. The lowest BCUT2D eigenvalue weighted by atomic mass is 9.92. The first-order chi connectivity index (χ1) is 7.29. The maximum atomic E-state index is 10.1. The number of ether oxygens (including phenoxy) is 1. The van der Waals surface area contributed by atoms with Crippen LogP contribution in [-0.4, -0.2) is 23.3 Å². The first-order valence-electron chi connectivity index (χ1n) is 5.15. The van der Waals surface area contributed by atoms with Crippen molar-refractivity contribution in [2.24, 2.45) is 5.92 Å². The van der Waals surface area contributed by atoms with Crippen LogP contribution >= 0.6 is 11.6 Å². The summed E-state index contributed by atoms with van der Waals surface area (Å²) in [5, 5.41) is 10.7. The lowest BCUT2D eigenvalue weighted by Gasteiger charge is -2.26. The fourth-order valence-corrected chi connectivity index (χ4v) is 2.10. The normalized spacial score (nSPS) is 20.1. The standard InChI is InChI=1S/C11H14ClNO2/c12-9-2-1-5-13-10(9)11(14)8-3-6-15-7-4-8/h1-2,5,8,11,14H,3-4,6-7H2. The Balaban J connectivity index is 2.12. The van der Waals surface area contributed by atoms with Crippen molar-refractivity contribution < 1.29 is 9.84 Å². The predicted molar refractivity (Wildman–Crippen MR) is 57.7 cm³/mol. The number of halogens is 1. The molecule has 1 N–H and O–H groups in total. The van der Waals surface area contributed by atoms with Gasteiger partial charge in [0.1, 0.15) is 6.10 Å². The summed E-state index contributed by atoms with van der Waals surface area (Å²) >= 11 is 5.98. The van der Waals surface area contributed by atoms with Gasteiger partial charge in [-0.05, 0) is 30.9 Å². The van der Waals surface area contributed by atoms with Crippen molar-refractivity contribution in [1.29, 1.82) is 0 Å². The van der Waals surface area contributed by atoms with E-state index in [0.717, 1.165) is 12.8 Å². The van der Waals surface area contributed by atoms with Gasteiger partial charge in [0.25, 0.3) is 0 Å². The molecule has 1 unspecified atom stereocenters. The van der Waals surface area contributed by atoms with Gasteiger partial charge in [0.2, 0.25) is 0 Å². The fraction of sp³-hybridized carbons (Fsp3) is 0.545. The molecule has 2 rings (SSSR count). The Hall–Kier alpha value is -0.640. The van der Waals surface area contributed by atoms with E-state index in [4.69, 9.17) is 16.3 Å². The second-order valence-electron chi connectivity index (χ2n) is 3.77. The lowest BCUT2D eigenvalue weighted by Crippen LogP contribution is -2.22. The average molecular weight is 228 g/mol. The molecule has 82 valence electrons. The number of rotatable bonds is 2. The van der Waals surface area contributed by atoms with Crippen LogP contribution in [0.15, 0.2) is 18.3 Å².